The second kappa shape index (κ2) is 9.33. The maximum absolute atomic E-state index is 12.9. The molecule has 170 valence electrons. The number of fused-ring (bicyclic) bond motifs is 2. The smallest absolute Gasteiger partial charge is 0.326 e. The van der Waals surface area contributed by atoms with Crippen LogP contribution in [0, 0.1) is 0 Å². The molecule has 0 saturated heterocycles. The van der Waals surface area contributed by atoms with Gasteiger partial charge < -0.3 is 10.2 Å². The normalized spacial score (nSPS) is 13.6. The lowest BCUT2D eigenvalue weighted by atomic mass is 10.1. The molecule has 0 spiro atoms. The van der Waals surface area contributed by atoms with Crippen molar-refractivity contribution in [2.45, 2.75) is 24.9 Å². The van der Waals surface area contributed by atoms with Gasteiger partial charge in [-0.25, -0.2) is 9.59 Å². The van der Waals surface area contributed by atoms with Crippen LogP contribution in [-0.2, 0) is 9.59 Å². The van der Waals surface area contributed by atoms with E-state index in [1.54, 1.807) is 12.5 Å². The predicted molar refractivity (Wildman–Crippen MR) is 124 cm³/mol. The Morgan fingerprint density at radius 2 is 1.00 bits per heavy atom. The van der Waals surface area contributed by atoms with E-state index in [1.807, 2.05) is 0 Å². The van der Waals surface area contributed by atoms with Gasteiger partial charge in [0.1, 0.15) is 12.1 Å². The highest BCUT2D eigenvalue weighted by atomic mass is 32.2. The molecule has 2 N–H and O–H groups in total. The van der Waals surface area contributed by atoms with Crippen LogP contribution in [0.15, 0.2) is 31.3 Å². The molecule has 0 radical (unpaired) electrons. The molecule has 10 nitrogen and oxygen atoms in total. The van der Waals surface area contributed by atoms with Crippen molar-refractivity contribution < 1.29 is 19.8 Å². The number of nitrogens with zero attached hydrogens (tertiary/aromatic N) is 2. The Bertz CT molecular complexity index is 1230. The number of hydrogen-bond donors (Lipinski definition) is 2. The molecule has 0 saturated carbocycles. The molecule has 0 unspecified atom stereocenters. The molecule has 0 aliphatic rings. The van der Waals surface area contributed by atoms with Gasteiger partial charge in [0.15, 0.2) is 0 Å². The first-order chi connectivity index (χ1) is 15.1. The highest BCUT2D eigenvalue weighted by Gasteiger charge is 2.29. The number of aromatic nitrogens is 2. The third-order valence-corrected chi connectivity index (χ3v) is 6.63. The molecule has 0 bridgehead atoms. The summed E-state index contributed by atoms with van der Waals surface area (Å²) in [5.74, 6) is -1.87. The van der Waals surface area contributed by atoms with Gasteiger partial charge in [-0.05, 0) is 49.0 Å². The van der Waals surface area contributed by atoms with E-state index in [9.17, 15) is 39.0 Å². The summed E-state index contributed by atoms with van der Waals surface area (Å²) in [4.78, 5) is 75.0. The van der Waals surface area contributed by atoms with Crippen LogP contribution < -0.4 is 22.2 Å². The third-order valence-electron chi connectivity index (χ3n) is 5.34. The Morgan fingerprint density at radius 3 is 1.22 bits per heavy atom. The highest BCUT2D eigenvalue weighted by molar-refractivity contribution is 7.98. The van der Waals surface area contributed by atoms with Crippen molar-refractivity contribution in [2.75, 3.05) is 24.0 Å². The van der Waals surface area contributed by atoms with Crippen molar-refractivity contribution in [3.05, 3.63) is 53.5 Å². The third kappa shape index (κ3) is 3.88. The van der Waals surface area contributed by atoms with Crippen molar-refractivity contribution >= 4 is 57.0 Å². The molecule has 2 heterocycles. The van der Waals surface area contributed by atoms with E-state index < -0.39 is 46.3 Å². The molecule has 0 amide bonds. The largest absolute Gasteiger partial charge is 0.480 e. The van der Waals surface area contributed by atoms with Crippen LogP contribution in [-0.4, -0.2) is 55.3 Å². The highest BCUT2D eigenvalue weighted by Crippen LogP contribution is 2.20. The SMILES string of the molecule is CSCC[C@@H](C(=O)O)n1c(=O)c2cc3c(=O)n([C@@H](CCSC)C(=O)O)c(=O)c3cc2c1=O. The van der Waals surface area contributed by atoms with Crippen LogP contribution in [0.1, 0.15) is 24.9 Å². The van der Waals surface area contributed by atoms with Crippen molar-refractivity contribution in [2.24, 2.45) is 0 Å². The minimum atomic E-state index is -1.38. The molecule has 3 rings (SSSR count). The zero-order chi connectivity index (χ0) is 23.7. The average Bonchev–Trinajstić information content (AvgIpc) is 3.13. The van der Waals surface area contributed by atoms with Crippen molar-refractivity contribution in [3.8, 4) is 0 Å². The first-order valence-corrected chi connectivity index (χ1v) is 12.3. The number of carbonyl (C=O) groups is 2. The number of rotatable bonds is 10. The minimum absolute atomic E-state index is 0.0447. The maximum atomic E-state index is 12.9. The van der Waals surface area contributed by atoms with Crippen LogP contribution in [0.4, 0.5) is 0 Å². The van der Waals surface area contributed by atoms with Crippen molar-refractivity contribution in [3.63, 3.8) is 0 Å². The number of carboxylic acids is 2. The average molecular weight is 481 g/mol. The van der Waals surface area contributed by atoms with Crippen LogP contribution in [0.3, 0.4) is 0 Å². The van der Waals surface area contributed by atoms with Gasteiger partial charge in [-0.15, -0.1) is 0 Å². The first kappa shape index (κ1) is 23.8. The van der Waals surface area contributed by atoms with Gasteiger partial charge in [-0.2, -0.15) is 23.5 Å². The molecule has 1 aromatic carbocycles. The molecule has 0 aliphatic heterocycles. The molecule has 3 aromatic rings. The summed E-state index contributed by atoms with van der Waals surface area (Å²) < 4.78 is 1.28. The van der Waals surface area contributed by atoms with E-state index in [4.69, 9.17) is 0 Å². The second-order valence-corrected chi connectivity index (χ2v) is 9.15. The summed E-state index contributed by atoms with van der Waals surface area (Å²) in [6, 6.07) is -0.580. The topological polar surface area (TPSA) is 153 Å². The number of aliphatic carboxylic acids is 2. The van der Waals surface area contributed by atoms with Gasteiger partial charge in [0.05, 0.1) is 21.5 Å². The number of benzene rings is 1. The Hall–Kier alpha value is -2.86. The molecule has 32 heavy (non-hydrogen) atoms. The van der Waals surface area contributed by atoms with Crippen LogP contribution in [0.2, 0.25) is 0 Å². The summed E-state index contributed by atoms with van der Waals surface area (Å²) in [5, 5.41) is 18.3. The minimum Gasteiger partial charge on any atom is -0.480 e. The van der Waals surface area contributed by atoms with E-state index in [-0.39, 0.29) is 34.4 Å². The zero-order valence-electron chi connectivity index (χ0n) is 17.2. The van der Waals surface area contributed by atoms with Gasteiger partial charge in [-0.1, -0.05) is 0 Å². The fourth-order valence-electron chi connectivity index (χ4n) is 3.76. The van der Waals surface area contributed by atoms with Crippen molar-refractivity contribution in [1.29, 1.82) is 0 Å². The fourth-order valence-corrected chi connectivity index (χ4v) is 4.68. The maximum Gasteiger partial charge on any atom is 0.326 e. The number of carboxylic acid groups (broad SMARTS) is 2. The summed E-state index contributed by atoms with van der Waals surface area (Å²) in [7, 11) is 0. The van der Waals surface area contributed by atoms with Gasteiger partial charge in [0.25, 0.3) is 22.2 Å². The molecular weight excluding hydrogens is 460 g/mol. The lowest BCUT2D eigenvalue weighted by molar-refractivity contribution is -0.142. The predicted octanol–water partition coefficient (Wildman–Crippen LogP) is 0.670. The summed E-state index contributed by atoms with van der Waals surface area (Å²) in [6.07, 6.45) is 3.61. The van der Waals surface area contributed by atoms with Gasteiger partial charge >= 0.3 is 11.9 Å². The first-order valence-electron chi connectivity index (χ1n) is 9.53. The molecule has 0 aliphatic carbocycles. The van der Waals surface area contributed by atoms with E-state index in [2.05, 4.69) is 0 Å². The van der Waals surface area contributed by atoms with E-state index in [1.165, 1.54) is 23.5 Å². The van der Waals surface area contributed by atoms with E-state index in [0.29, 0.717) is 20.6 Å². The molecule has 2 aromatic heterocycles. The van der Waals surface area contributed by atoms with E-state index in [0.717, 1.165) is 12.1 Å². The Kier molecular flexibility index (Phi) is 6.94. The second-order valence-electron chi connectivity index (χ2n) is 7.18. The quantitative estimate of drug-likeness (QED) is 0.423. The molecule has 2 atom stereocenters. The summed E-state index contributed by atoms with van der Waals surface area (Å²) >= 11 is 2.73. The lowest BCUT2D eigenvalue weighted by Crippen LogP contribution is -2.35. The number of hydrogen-bond acceptors (Lipinski definition) is 8. The van der Waals surface area contributed by atoms with E-state index >= 15 is 0 Å². The number of thioether (sulfide) groups is 2. The summed E-state index contributed by atoms with van der Waals surface area (Å²) in [6.45, 7) is 0. The monoisotopic (exact) mass is 480 g/mol. The Balaban J connectivity index is 2.30. The van der Waals surface area contributed by atoms with Crippen molar-refractivity contribution in [1.82, 2.24) is 9.13 Å². The molecule has 12 heteroatoms. The molecular formula is C20H20N2O8S2. The van der Waals surface area contributed by atoms with Crippen LogP contribution in [0.5, 0.6) is 0 Å². The Labute approximate surface area is 188 Å². The van der Waals surface area contributed by atoms with Crippen LogP contribution >= 0.6 is 23.5 Å². The van der Waals surface area contributed by atoms with Gasteiger partial charge in [0.2, 0.25) is 0 Å². The standard InChI is InChI=1S/C20H20N2O8S2/c1-31-5-3-13(19(27)28)21-15(23)9-7-11-12(8-10(9)16(21)24)18(26)22(17(11)25)14(20(29)30)4-6-32-2/h7-8,13-14H,3-6H2,1-2H3,(H,27,28)(H,29,30)/t13-,14-/m0/s1. The Morgan fingerprint density at radius 1 is 0.719 bits per heavy atom. The molecule has 0 fully saturated rings. The lowest BCUT2D eigenvalue weighted by Gasteiger charge is -2.11. The zero-order valence-corrected chi connectivity index (χ0v) is 18.8. The summed E-state index contributed by atoms with van der Waals surface area (Å²) in [5.41, 5.74) is -3.45. The van der Waals surface area contributed by atoms with Gasteiger partial charge in [0, 0.05) is 0 Å². The van der Waals surface area contributed by atoms with Gasteiger partial charge in [-0.3, -0.25) is 28.3 Å². The fraction of sp³-hybridized carbons (Fsp3) is 0.400. The van der Waals surface area contributed by atoms with Crippen LogP contribution in [0.25, 0.3) is 21.5 Å².